The van der Waals surface area contributed by atoms with Gasteiger partial charge in [-0.3, -0.25) is 4.79 Å². The van der Waals surface area contributed by atoms with Gasteiger partial charge in [0.2, 0.25) is 0 Å². The summed E-state index contributed by atoms with van der Waals surface area (Å²) < 4.78 is 12.9. The number of phenols is 1. The second-order valence-electron chi connectivity index (χ2n) is 4.06. The number of nitrogens with two attached hydrogens (primary N) is 1. The SMILES string of the molecule is NC1CC(NC(=O)c2cc(F)ccc2O)C1. The fraction of sp³-hybridized carbons (Fsp3) is 0.364. The van der Waals surface area contributed by atoms with Crippen LogP contribution in [0, 0.1) is 5.82 Å². The molecule has 0 unspecified atom stereocenters. The first-order valence-electron chi connectivity index (χ1n) is 5.11. The van der Waals surface area contributed by atoms with Crippen LogP contribution in [0.25, 0.3) is 0 Å². The second kappa shape index (κ2) is 4.09. The molecule has 0 radical (unpaired) electrons. The van der Waals surface area contributed by atoms with E-state index < -0.39 is 11.7 Å². The molecule has 0 spiro atoms. The van der Waals surface area contributed by atoms with Gasteiger partial charge >= 0.3 is 0 Å². The predicted molar refractivity (Wildman–Crippen MR) is 56.5 cm³/mol. The van der Waals surface area contributed by atoms with Crippen molar-refractivity contribution in [1.29, 1.82) is 0 Å². The summed E-state index contributed by atoms with van der Waals surface area (Å²) in [6.07, 6.45) is 1.45. The Labute approximate surface area is 92.3 Å². The number of hydrogen-bond acceptors (Lipinski definition) is 3. The highest BCUT2D eigenvalue weighted by Gasteiger charge is 2.28. The Morgan fingerprint density at radius 3 is 2.81 bits per heavy atom. The third-order valence-electron chi connectivity index (χ3n) is 2.71. The fourth-order valence-electron chi connectivity index (χ4n) is 1.73. The van der Waals surface area contributed by atoms with E-state index in [1.165, 1.54) is 0 Å². The lowest BCUT2D eigenvalue weighted by atomic mass is 9.87. The average Bonchev–Trinajstić information content (AvgIpc) is 2.19. The predicted octanol–water partition coefficient (Wildman–Crippen LogP) is 0.751. The topological polar surface area (TPSA) is 75.3 Å². The molecular formula is C11H13FN2O2. The van der Waals surface area contributed by atoms with Crippen LogP contribution in [-0.4, -0.2) is 23.1 Å². The number of halogens is 1. The van der Waals surface area contributed by atoms with Gasteiger partial charge in [-0.15, -0.1) is 0 Å². The van der Waals surface area contributed by atoms with E-state index in [-0.39, 0.29) is 23.4 Å². The van der Waals surface area contributed by atoms with Gasteiger partial charge in [0.1, 0.15) is 11.6 Å². The zero-order valence-corrected chi connectivity index (χ0v) is 8.61. The number of carbonyl (C=O) groups is 1. The Balaban J connectivity index is 2.05. The molecular weight excluding hydrogens is 211 g/mol. The molecule has 4 N–H and O–H groups in total. The number of hydrogen-bond donors (Lipinski definition) is 3. The smallest absolute Gasteiger partial charge is 0.255 e. The summed E-state index contributed by atoms with van der Waals surface area (Å²) >= 11 is 0. The van der Waals surface area contributed by atoms with Crippen LogP contribution in [0.5, 0.6) is 5.75 Å². The molecule has 1 saturated carbocycles. The number of aromatic hydroxyl groups is 1. The molecule has 1 amide bonds. The standard InChI is InChI=1S/C11H13FN2O2/c12-6-1-2-10(15)9(3-6)11(16)14-8-4-7(13)5-8/h1-3,7-8,15H,4-5,13H2,(H,14,16). The Morgan fingerprint density at radius 2 is 2.19 bits per heavy atom. The largest absolute Gasteiger partial charge is 0.507 e. The van der Waals surface area contributed by atoms with Gasteiger partial charge in [0, 0.05) is 12.1 Å². The Kier molecular flexibility index (Phi) is 2.78. The van der Waals surface area contributed by atoms with Gasteiger partial charge in [-0.05, 0) is 31.0 Å². The van der Waals surface area contributed by atoms with E-state index in [1.807, 2.05) is 0 Å². The van der Waals surface area contributed by atoms with Gasteiger partial charge in [-0.25, -0.2) is 4.39 Å². The molecule has 5 heteroatoms. The molecule has 2 rings (SSSR count). The summed E-state index contributed by atoms with van der Waals surface area (Å²) in [6, 6.07) is 3.45. The van der Waals surface area contributed by atoms with Crippen molar-refractivity contribution in [3.8, 4) is 5.75 Å². The molecule has 86 valence electrons. The van der Waals surface area contributed by atoms with Crippen molar-refractivity contribution < 1.29 is 14.3 Å². The van der Waals surface area contributed by atoms with Gasteiger partial charge < -0.3 is 16.2 Å². The minimum atomic E-state index is -0.548. The highest BCUT2D eigenvalue weighted by atomic mass is 19.1. The van der Waals surface area contributed by atoms with E-state index in [0.717, 1.165) is 31.0 Å². The fourth-order valence-corrected chi connectivity index (χ4v) is 1.73. The first kappa shape index (κ1) is 10.9. The summed E-state index contributed by atoms with van der Waals surface area (Å²) in [5.74, 6) is -1.23. The quantitative estimate of drug-likeness (QED) is 0.694. The average molecular weight is 224 g/mol. The van der Waals surface area contributed by atoms with Crippen molar-refractivity contribution in [1.82, 2.24) is 5.32 Å². The normalized spacial score (nSPS) is 23.6. The van der Waals surface area contributed by atoms with E-state index in [2.05, 4.69) is 5.32 Å². The molecule has 0 aliphatic heterocycles. The lowest BCUT2D eigenvalue weighted by Crippen LogP contribution is -2.50. The van der Waals surface area contributed by atoms with E-state index >= 15 is 0 Å². The van der Waals surface area contributed by atoms with Gasteiger partial charge in [0.05, 0.1) is 5.56 Å². The first-order valence-corrected chi connectivity index (χ1v) is 5.11. The summed E-state index contributed by atoms with van der Waals surface area (Å²) in [5, 5.41) is 12.1. The molecule has 1 aliphatic rings. The van der Waals surface area contributed by atoms with Crippen molar-refractivity contribution in [3.63, 3.8) is 0 Å². The van der Waals surface area contributed by atoms with Crippen molar-refractivity contribution >= 4 is 5.91 Å². The number of nitrogens with one attached hydrogen (secondary N) is 1. The van der Waals surface area contributed by atoms with Crippen LogP contribution in [0.1, 0.15) is 23.2 Å². The molecule has 16 heavy (non-hydrogen) atoms. The summed E-state index contributed by atoms with van der Waals surface area (Å²) in [7, 11) is 0. The molecule has 0 bridgehead atoms. The molecule has 1 aliphatic carbocycles. The van der Waals surface area contributed by atoms with Crippen molar-refractivity contribution in [2.45, 2.75) is 24.9 Å². The molecule has 1 aromatic rings. The molecule has 0 saturated heterocycles. The Bertz CT molecular complexity index is 416. The van der Waals surface area contributed by atoms with Crippen LogP contribution in [0.4, 0.5) is 4.39 Å². The highest BCUT2D eigenvalue weighted by molar-refractivity contribution is 5.97. The third-order valence-corrected chi connectivity index (χ3v) is 2.71. The summed E-state index contributed by atoms with van der Waals surface area (Å²) in [5.41, 5.74) is 5.54. The number of carbonyl (C=O) groups excluding carboxylic acids is 1. The lowest BCUT2D eigenvalue weighted by Gasteiger charge is -2.32. The van der Waals surface area contributed by atoms with Crippen LogP contribution >= 0.6 is 0 Å². The first-order chi connectivity index (χ1) is 7.56. The van der Waals surface area contributed by atoms with Crippen molar-refractivity contribution in [3.05, 3.63) is 29.6 Å². The van der Waals surface area contributed by atoms with E-state index in [1.54, 1.807) is 0 Å². The Hall–Kier alpha value is -1.62. The number of amides is 1. The molecule has 1 fully saturated rings. The van der Waals surface area contributed by atoms with E-state index in [0.29, 0.717) is 0 Å². The lowest BCUT2D eigenvalue weighted by molar-refractivity contribution is 0.0907. The maximum Gasteiger partial charge on any atom is 0.255 e. The van der Waals surface area contributed by atoms with Crippen molar-refractivity contribution in [2.24, 2.45) is 5.73 Å². The van der Waals surface area contributed by atoms with Gasteiger partial charge in [-0.2, -0.15) is 0 Å². The minimum absolute atomic E-state index is 0.0326. The zero-order valence-electron chi connectivity index (χ0n) is 8.61. The van der Waals surface area contributed by atoms with Crippen LogP contribution in [0.3, 0.4) is 0 Å². The van der Waals surface area contributed by atoms with E-state index in [4.69, 9.17) is 5.73 Å². The van der Waals surface area contributed by atoms with Crippen molar-refractivity contribution in [2.75, 3.05) is 0 Å². The summed E-state index contributed by atoms with van der Waals surface area (Å²) in [4.78, 5) is 11.6. The Morgan fingerprint density at radius 1 is 1.50 bits per heavy atom. The zero-order chi connectivity index (χ0) is 11.7. The maximum atomic E-state index is 12.9. The maximum absolute atomic E-state index is 12.9. The second-order valence-corrected chi connectivity index (χ2v) is 4.06. The van der Waals surface area contributed by atoms with E-state index in [9.17, 15) is 14.3 Å². The van der Waals surface area contributed by atoms with Crippen LogP contribution in [0.15, 0.2) is 18.2 Å². The van der Waals surface area contributed by atoms with Gasteiger partial charge in [0.15, 0.2) is 0 Å². The number of rotatable bonds is 2. The van der Waals surface area contributed by atoms with Crippen LogP contribution in [0.2, 0.25) is 0 Å². The third kappa shape index (κ3) is 2.14. The number of phenolic OH excluding ortho intramolecular Hbond substituents is 1. The molecule has 0 atom stereocenters. The number of benzene rings is 1. The highest BCUT2D eigenvalue weighted by Crippen LogP contribution is 2.21. The van der Waals surface area contributed by atoms with Crippen LogP contribution < -0.4 is 11.1 Å². The molecule has 1 aromatic carbocycles. The van der Waals surface area contributed by atoms with Gasteiger partial charge in [0.25, 0.3) is 5.91 Å². The molecule has 0 aromatic heterocycles. The minimum Gasteiger partial charge on any atom is -0.507 e. The molecule has 4 nitrogen and oxygen atoms in total. The molecule has 0 heterocycles. The van der Waals surface area contributed by atoms with Crippen LogP contribution in [-0.2, 0) is 0 Å². The summed E-state index contributed by atoms with van der Waals surface area (Å²) in [6.45, 7) is 0. The monoisotopic (exact) mass is 224 g/mol. The van der Waals surface area contributed by atoms with Gasteiger partial charge in [-0.1, -0.05) is 0 Å².